The van der Waals surface area contributed by atoms with Crippen LogP contribution in [0.2, 0.25) is 5.02 Å². The van der Waals surface area contributed by atoms with E-state index < -0.39 is 17.7 Å². The van der Waals surface area contributed by atoms with Gasteiger partial charge in [0.15, 0.2) is 0 Å². The van der Waals surface area contributed by atoms with Crippen LogP contribution >= 0.6 is 11.6 Å². The molecule has 2 aliphatic heterocycles. The number of benzene rings is 2. The van der Waals surface area contributed by atoms with Gasteiger partial charge in [0.25, 0.3) is 11.7 Å². The first-order valence-corrected chi connectivity index (χ1v) is 12.7. The molecule has 0 spiro atoms. The topological polar surface area (TPSA) is 79.3 Å². The highest BCUT2D eigenvalue weighted by molar-refractivity contribution is 6.46. The van der Waals surface area contributed by atoms with E-state index in [9.17, 15) is 14.7 Å². The molecule has 2 aromatic rings. The van der Waals surface area contributed by atoms with E-state index in [1.54, 1.807) is 23.1 Å². The van der Waals surface area contributed by atoms with Crippen molar-refractivity contribution in [2.24, 2.45) is 0 Å². The first-order chi connectivity index (χ1) is 17.3. The number of hydrogen-bond acceptors (Lipinski definition) is 6. The Bertz CT molecular complexity index is 1140. The fraction of sp³-hybridized carbons (Fsp3) is 0.429. The highest BCUT2D eigenvalue weighted by Gasteiger charge is 2.45. The number of carbonyl (C=O) groups is 2. The number of Topliss-reactive ketones (excluding diaryl/α,β-unsaturated/α-hetero) is 1. The van der Waals surface area contributed by atoms with Crippen molar-refractivity contribution in [2.45, 2.75) is 32.2 Å². The second-order valence-electron chi connectivity index (χ2n) is 9.47. The molecule has 36 heavy (non-hydrogen) atoms. The molecule has 1 N–H and O–H groups in total. The van der Waals surface area contributed by atoms with Crippen LogP contribution < -0.4 is 4.74 Å². The van der Waals surface area contributed by atoms with Gasteiger partial charge in [-0.15, -0.1) is 0 Å². The van der Waals surface area contributed by atoms with Crippen LogP contribution in [0.15, 0.2) is 48.0 Å². The molecule has 1 atom stereocenters. The zero-order valence-electron chi connectivity index (χ0n) is 21.0. The van der Waals surface area contributed by atoms with Crippen molar-refractivity contribution in [1.82, 2.24) is 9.80 Å². The maximum Gasteiger partial charge on any atom is 0.295 e. The van der Waals surface area contributed by atoms with Gasteiger partial charge in [-0.05, 0) is 41.7 Å². The first kappa shape index (κ1) is 26.2. The number of carbonyl (C=O) groups excluding carboxylic acids is 2. The minimum atomic E-state index is -0.691. The molecule has 0 aromatic heterocycles. The number of morpholine rings is 1. The summed E-state index contributed by atoms with van der Waals surface area (Å²) >= 11 is 6.28. The maximum atomic E-state index is 13.3. The number of hydrogen-bond donors (Lipinski definition) is 1. The number of nitrogens with zero attached hydrogens (tertiary/aromatic N) is 2. The molecule has 0 aliphatic carbocycles. The van der Waals surface area contributed by atoms with Gasteiger partial charge < -0.3 is 19.5 Å². The van der Waals surface area contributed by atoms with E-state index in [0.29, 0.717) is 48.4 Å². The summed E-state index contributed by atoms with van der Waals surface area (Å²) in [7, 11) is 1.50. The Labute approximate surface area is 217 Å². The van der Waals surface area contributed by atoms with Crippen LogP contribution in [0.25, 0.3) is 5.76 Å². The number of aliphatic hydroxyl groups excluding tert-OH is 1. The molecule has 0 saturated carbocycles. The minimum absolute atomic E-state index is 0.0740. The molecule has 1 unspecified atom stereocenters. The fourth-order valence-electron chi connectivity index (χ4n) is 4.78. The Morgan fingerprint density at radius 1 is 1.11 bits per heavy atom. The van der Waals surface area contributed by atoms with Crippen LogP contribution in [0.1, 0.15) is 48.9 Å². The molecule has 2 aliphatic rings. The summed E-state index contributed by atoms with van der Waals surface area (Å²) in [5.41, 5.74) is 2.37. The maximum absolute atomic E-state index is 13.3. The second kappa shape index (κ2) is 11.5. The van der Waals surface area contributed by atoms with Gasteiger partial charge in [0.1, 0.15) is 11.5 Å². The van der Waals surface area contributed by atoms with Crippen LogP contribution in [0.3, 0.4) is 0 Å². The van der Waals surface area contributed by atoms with E-state index in [2.05, 4.69) is 18.7 Å². The molecular weight excluding hydrogens is 480 g/mol. The lowest BCUT2D eigenvalue weighted by Gasteiger charge is -2.29. The molecule has 8 heteroatoms. The SMILES string of the molecule is COc1ccc(C(O)=C2C(=O)C(=O)N(CCCN3CCOCC3)C2c2ccc(C(C)C)cc2)cc1Cl. The summed E-state index contributed by atoms with van der Waals surface area (Å²) in [6.45, 7) is 8.56. The predicted molar refractivity (Wildman–Crippen MR) is 139 cm³/mol. The quantitative estimate of drug-likeness (QED) is 0.316. The summed E-state index contributed by atoms with van der Waals surface area (Å²) in [5.74, 6) is -0.732. The number of likely N-dealkylation sites (tertiary alicyclic amines) is 1. The standard InChI is InChI=1S/C28H33ClN2O5/c1-18(2)19-5-7-20(8-6-19)25-24(26(32)21-9-10-23(35-3)22(29)17-21)27(33)28(34)31(25)12-4-11-30-13-15-36-16-14-30/h5-10,17-18,25,32H,4,11-16H2,1-3H3. The largest absolute Gasteiger partial charge is 0.507 e. The fourth-order valence-corrected chi connectivity index (χ4v) is 5.04. The third kappa shape index (κ3) is 5.43. The Morgan fingerprint density at radius 2 is 1.81 bits per heavy atom. The normalized spacial score (nSPS) is 20.4. The smallest absolute Gasteiger partial charge is 0.295 e. The van der Waals surface area contributed by atoms with Crippen LogP contribution in [-0.2, 0) is 14.3 Å². The van der Waals surface area contributed by atoms with E-state index in [1.807, 2.05) is 24.3 Å². The lowest BCUT2D eigenvalue weighted by molar-refractivity contribution is -0.140. The highest BCUT2D eigenvalue weighted by atomic mass is 35.5. The van der Waals surface area contributed by atoms with Crippen molar-refractivity contribution in [3.63, 3.8) is 0 Å². The molecule has 2 fully saturated rings. The van der Waals surface area contributed by atoms with E-state index in [0.717, 1.165) is 30.8 Å². The lowest BCUT2D eigenvalue weighted by Crippen LogP contribution is -2.38. The van der Waals surface area contributed by atoms with E-state index in [4.69, 9.17) is 21.1 Å². The predicted octanol–water partition coefficient (Wildman–Crippen LogP) is 4.62. The Morgan fingerprint density at radius 3 is 2.42 bits per heavy atom. The Hall–Kier alpha value is -2.87. The Kier molecular flexibility index (Phi) is 8.34. The minimum Gasteiger partial charge on any atom is -0.507 e. The van der Waals surface area contributed by atoms with Gasteiger partial charge in [-0.3, -0.25) is 14.5 Å². The van der Waals surface area contributed by atoms with Crippen LogP contribution in [0, 0.1) is 0 Å². The number of amides is 1. The van der Waals surface area contributed by atoms with Crippen LogP contribution in [0.5, 0.6) is 5.75 Å². The molecule has 4 rings (SSSR count). The molecule has 1 amide bonds. The second-order valence-corrected chi connectivity index (χ2v) is 9.88. The monoisotopic (exact) mass is 512 g/mol. The van der Waals surface area contributed by atoms with Crippen molar-refractivity contribution in [3.05, 3.63) is 69.8 Å². The van der Waals surface area contributed by atoms with Crippen molar-refractivity contribution < 1.29 is 24.2 Å². The number of ketones is 1. The molecule has 0 radical (unpaired) electrons. The summed E-state index contributed by atoms with van der Waals surface area (Å²) in [4.78, 5) is 30.4. The van der Waals surface area contributed by atoms with Gasteiger partial charge >= 0.3 is 0 Å². The summed E-state index contributed by atoms with van der Waals surface area (Å²) < 4.78 is 10.6. The lowest BCUT2D eigenvalue weighted by atomic mass is 9.93. The zero-order valence-corrected chi connectivity index (χ0v) is 21.8. The number of aliphatic hydroxyl groups is 1. The Balaban J connectivity index is 1.70. The van der Waals surface area contributed by atoms with Crippen molar-refractivity contribution >= 4 is 29.1 Å². The van der Waals surface area contributed by atoms with Gasteiger partial charge in [-0.1, -0.05) is 49.7 Å². The average molecular weight is 513 g/mol. The molecule has 2 saturated heterocycles. The van der Waals surface area contributed by atoms with E-state index >= 15 is 0 Å². The van der Waals surface area contributed by atoms with Gasteiger partial charge in [0, 0.05) is 31.7 Å². The van der Waals surface area contributed by atoms with Crippen LogP contribution in [-0.4, -0.2) is 73.1 Å². The summed E-state index contributed by atoms with van der Waals surface area (Å²) in [6, 6.07) is 12.0. The molecule has 7 nitrogen and oxygen atoms in total. The van der Waals surface area contributed by atoms with Crippen molar-refractivity contribution in [2.75, 3.05) is 46.5 Å². The average Bonchev–Trinajstić information content (AvgIpc) is 3.14. The zero-order chi connectivity index (χ0) is 25.8. The van der Waals surface area contributed by atoms with Gasteiger partial charge in [0.05, 0.1) is 37.0 Å². The van der Waals surface area contributed by atoms with Gasteiger partial charge in [0.2, 0.25) is 0 Å². The molecule has 2 aromatic carbocycles. The first-order valence-electron chi connectivity index (χ1n) is 12.3. The van der Waals surface area contributed by atoms with Crippen LogP contribution in [0.4, 0.5) is 0 Å². The number of ether oxygens (including phenoxy) is 2. The third-order valence-electron chi connectivity index (χ3n) is 6.86. The van der Waals surface area contributed by atoms with Gasteiger partial charge in [-0.2, -0.15) is 0 Å². The van der Waals surface area contributed by atoms with E-state index in [1.165, 1.54) is 7.11 Å². The number of rotatable bonds is 8. The van der Waals surface area contributed by atoms with Crippen molar-refractivity contribution in [3.8, 4) is 5.75 Å². The van der Waals surface area contributed by atoms with Crippen molar-refractivity contribution in [1.29, 1.82) is 0 Å². The number of halogens is 1. The molecule has 2 heterocycles. The molecular formula is C28H33ClN2O5. The summed E-state index contributed by atoms with van der Waals surface area (Å²) in [5, 5.41) is 11.6. The van der Waals surface area contributed by atoms with E-state index in [-0.39, 0.29) is 11.3 Å². The van der Waals surface area contributed by atoms with Gasteiger partial charge in [-0.25, -0.2) is 0 Å². The third-order valence-corrected chi connectivity index (χ3v) is 7.16. The highest BCUT2D eigenvalue weighted by Crippen LogP contribution is 2.40. The molecule has 192 valence electrons. The number of methoxy groups -OCH3 is 1. The molecule has 0 bridgehead atoms. The summed E-state index contributed by atoms with van der Waals surface area (Å²) in [6.07, 6.45) is 0.710.